The van der Waals surface area contributed by atoms with Gasteiger partial charge in [0.1, 0.15) is 10.9 Å². The van der Waals surface area contributed by atoms with Crippen molar-refractivity contribution >= 4 is 52.6 Å². The minimum atomic E-state index is -0.678. The highest BCUT2D eigenvalue weighted by Gasteiger charge is 2.24. The Morgan fingerprint density at radius 1 is 0.771 bits per heavy atom. The van der Waals surface area contributed by atoms with Crippen molar-refractivity contribution in [3.05, 3.63) is 171 Å². The fraction of sp³-hybridized carbons (Fsp3) is 0.0789. The number of nitrogens with one attached hydrogen (secondary N) is 3. The Morgan fingerprint density at radius 3 is 2.06 bits per heavy atom. The lowest BCUT2D eigenvalue weighted by atomic mass is 10.1. The first-order valence-electron chi connectivity index (χ1n) is 15.0. The van der Waals surface area contributed by atoms with Crippen LogP contribution in [-0.2, 0) is 9.59 Å². The maximum atomic E-state index is 13.6. The lowest BCUT2D eigenvalue weighted by Crippen LogP contribution is -2.30. The predicted octanol–water partition coefficient (Wildman–Crippen LogP) is 8.09. The molecule has 3 amide bonds. The Hall–Kier alpha value is -6.00. The van der Waals surface area contributed by atoms with Gasteiger partial charge in [0.05, 0.1) is 10.6 Å². The molecule has 5 aromatic rings. The standard InChI is InChI=1S/C38H32N4O5S/c1-25-13-16-27(17-14-25)23-34(41-36(43)29-11-7-4-8-12-29)37(44)39-30-18-21-32(22-19-30)48-35(28-9-5-3-6-10-28)38(45)40-33-24-31(42(46)47)20-15-26(33)2/h3-24,35H,1-2H3,(H,39,44)(H,40,45)(H,41,43)/b34-23-. The Kier molecular flexibility index (Phi) is 10.8. The van der Waals surface area contributed by atoms with Crippen LogP contribution < -0.4 is 16.0 Å². The molecule has 0 fully saturated rings. The van der Waals surface area contributed by atoms with Gasteiger partial charge in [-0.05, 0) is 73.0 Å². The Morgan fingerprint density at radius 2 is 1.42 bits per heavy atom. The van der Waals surface area contributed by atoms with Crippen molar-refractivity contribution < 1.29 is 19.3 Å². The quantitative estimate of drug-likeness (QED) is 0.0570. The van der Waals surface area contributed by atoms with Gasteiger partial charge in [0.15, 0.2) is 0 Å². The molecule has 3 N–H and O–H groups in total. The summed E-state index contributed by atoms with van der Waals surface area (Å²) in [6, 6.07) is 36.8. The van der Waals surface area contributed by atoms with Gasteiger partial charge in [-0.1, -0.05) is 84.4 Å². The van der Waals surface area contributed by atoms with E-state index in [4.69, 9.17) is 0 Å². The minimum absolute atomic E-state index is 0.0726. The van der Waals surface area contributed by atoms with Crippen LogP contribution in [0.4, 0.5) is 17.1 Å². The van der Waals surface area contributed by atoms with Crippen LogP contribution >= 0.6 is 11.8 Å². The molecule has 5 aromatic carbocycles. The number of hydrogen-bond donors (Lipinski definition) is 3. The van der Waals surface area contributed by atoms with E-state index in [-0.39, 0.29) is 17.3 Å². The summed E-state index contributed by atoms with van der Waals surface area (Å²) in [6.07, 6.45) is 1.62. The summed E-state index contributed by atoms with van der Waals surface area (Å²) in [5.41, 5.74) is 4.48. The zero-order valence-electron chi connectivity index (χ0n) is 26.2. The molecule has 0 heterocycles. The molecule has 9 nitrogen and oxygen atoms in total. The van der Waals surface area contributed by atoms with Gasteiger partial charge in [-0.3, -0.25) is 24.5 Å². The lowest BCUT2D eigenvalue weighted by molar-refractivity contribution is -0.384. The molecular formula is C38H32N4O5S. The van der Waals surface area contributed by atoms with E-state index in [1.165, 1.54) is 23.9 Å². The molecule has 5 rings (SSSR count). The van der Waals surface area contributed by atoms with Gasteiger partial charge >= 0.3 is 0 Å². The number of thioether (sulfide) groups is 1. The van der Waals surface area contributed by atoms with Gasteiger partial charge in [0.2, 0.25) is 5.91 Å². The van der Waals surface area contributed by atoms with Gasteiger partial charge in [0.25, 0.3) is 17.5 Å². The molecule has 0 aromatic heterocycles. The second-order valence-electron chi connectivity index (χ2n) is 10.9. The zero-order valence-corrected chi connectivity index (χ0v) is 27.0. The molecule has 48 heavy (non-hydrogen) atoms. The number of benzene rings is 5. The highest BCUT2D eigenvalue weighted by atomic mass is 32.2. The fourth-order valence-electron chi connectivity index (χ4n) is 4.68. The molecule has 1 atom stereocenters. The first-order chi connectivity index (χ1) is 23.2. The van der Waals surface area contributed by atoms with E-state index in [2.05, 4.69) is 16.0 Å². The average Bonchev–Trinajstić information content (AvgIpc) is 3.10. The van der Waals surface area contributed by atoms with E-state index >= 15 is 0 Å². The summed E-state index contributed by atoms with van der Waals surface area (Å²) in [7, 11) is 0. The number of carbonyl (C=O) groups excluding carboxylic acids is 3. The zero-order chi connectivity index (χ0) is 34.0. The van der Waals surface area contributed by atoms with Crippen LogP contribution in [0.3, 0.4) is 0 Å². The molecule has 0 saturated heterocycles. The number of nitro groups is 1. The SMILES string of the molecule is Cc1ccc(/C=C(\NC(=O)c2ccccc2)C(=O)Nc2ccc(SC(C(=O)Nc3cc([N+](=O)[O-])ccc3C)c3ccccc3)cc2)cc1. The minimum Gasteiger partial charge on any atom is -0.324 e. The lowest BCUT2D eigenvalue weighted by Gasteiger charge is -2.18. The number of amides is 3. The highest BCUT2D eigenvalue weighted by molar-refractivity contribution is 8.00. The molecule has 0 aliphatic carbocycles. The van der Waals surface area contributed by atoms with Gasteiger partial charge in [-0.2, -0.15) is 0 Å². The van der Waals surface area contributed by atoms with Gasteiger partial charge < -0.3 is 16.0 Å². The molecule has 0 radical (unpaired) electrons. The first-order valence-corrected chi connectivity index (χ1v) is 15.9. The van der Waals surface area contributed by atoms with Crippen molar-refractivity contribution in [2.75, 3.05) is 10.6 Å². The van der Waals surface area contributed by atoms with Crippen molar-refractivity contribution in [1.82, 2.24) is 5.32 Å². The molecule has 0 saturated carbocycles. The van der Waals surface area contributed by atoms with Crippen LogP contribution in [0.1, 0.15) is 37.9 Å². The molecule has 10 heteroatoms. The third-order valence-electron chi connectivity index (χ3n) is 7.31. The van der Waals surface area contributed by atoms with E-state index in [1.807, 2.05) is 61.5 Å². The second kappa shape index (κ2) is 15.5. The van der Waals surface area contributed by atoms with E-state index < -0.39 is 22.0 Å². The Balaban J connectivity index is 1.34. The Bertz CT molecular complexity index is 1960. The van der Waals surface area contributed by atoms with E-state index in [1.54, 1.807) is 73.7 Å². The number of nitrogens with zero attached hydrogens (tertiary/aromatic N) is 1. The maximum absolute atomic E-state index is 13.6. The van der Waals surface area contributed by atoms with E-state index in [0.29, 0.717) is 22.5 Å². The molecule has 1 unspecified atom stereocenters. The topological polar surface area (TPSA) is 130 Å². The molecule has 240 valence electrons. The first kappa shape index (κ1) is 33.4. The van der Waals surface area contributed by atoms with Crippen molar-refractivity contribution in [3.8, 4) is 0 Å². The Labute approximate surface area is 282 Å². The van der Waals surface area contributed by atoms with Crippen molar-refractivity contribution in [3.63, 3.8) is 0 Å². The fourth-order valence-corrected chi connectivity index (χ4v) is 5.70. The van der Waals surface area contributed by atoms with Crippen LogP contribution in [-0.4, -0.2) is 22.6 Å². The highest BCUT2D eigenvalue weighted by Crippen LogP contribution is 2.37. The molecule has 0 aliphatic heterocycles. The number of anilines is 2. The number of rotatable bonds is 11. The smallest absolute Gasteiger partial charge is 0.272 e. The van der Waals surface area contributed by atoms with Crippen molar-refractivity contribution in [1.29, 1.82) is 0 Å². The molecule has 0 aliphatic rings. The second-order valence-corrected chi connectivity index (χ2v) is 12.1. The number of non-ortho nitro benzene ring substituents is 1. The molecular weight excluding hydrogens is 625 g/mol. The van der Waals surface area contributed by atoms with Crippen molar-refractivity contribution in [2.24, 2.45) is 0 Å². The largest absolute Gasteiger partial charge is 0.324 e. The normalized spacial score (nSPS) is 11.7. The summed E-state index contributed by atoms with van der Waals surface area (Å²) in [6.45, 7) is 3.73. The van der Waals surface area contributed by atoms with E-state index in [9.17, 15) is 24.5 Å². The summed E-state index contributed by atoms with van der Waals surface area (Å²) in [5, 5.41) is 19.1. The summed E-state index contributed by atoms with van der Waals surface area (Å²) in [4.78, 5) is 51.6. The number of nitro benzene ring substituents is 1. The monoisotopic (exact) mass is 656 g/mol. The van der Waals surface area contributed by atoms with Crippen LogP contribution in [0.5, 0.6) is 0 Å². The average molecular weight is 657 g/mol. The third kappa shape index (κ3) is 8.83. The van der Waals surface area contributed by atoms with Crippen LogP contribution in [0.25, 0.3) is 6.08 Å². The van der Waals surface area contributed by atoms with Crippen LogP contribution in [0, 0.1) is 24.0 Å². The summed E-state index contributed by atoms with van der Waals surface area (Å²) >= 11 is 1.30. The summed E-state index contributed by atoms with van der Waals surface area (Å²) in [5.74, 6) is -1.26. The predicted molar refractivity (Wildman–Crippen MR) is 190 cm³/mol. The molecule has 0 bridgehead atoms. The number of aryl methyl sites for hydroxylation is 2. The van der Waals surface area contributed by atoms with Gasteiger partial charge in [0, 0.05) is 28.3 Å². The van der Waals surface area contributed by atoms with Crippen molar-refractivity contribution in [2.45, 2.75) is 24.0 Å². The van der Waals surface area contributed by atoms with E-state index in [0.717, 1.165) is 21.6 Å². The third-order valence-corrected chi connectivity index (χ3v) is 8.58. The van der Waals surface area contributed by atoms with Crippen LogP contribution in [0.15, 0.2) is 138 Å². The molecule has 0 spiro atoms. The maximum Gasteiger partial charge on any atom is 0.272 e. The van der Waals surface area contributed by atoms with Crippen LogP contribution in [0.2, 0.25) is 0 Å². The van der Waals surface area contributed by atoms with Gasteiger partial charge in [-0.25, -0.2) is 0 Å². The summed E-state index contributed by atoms with van der Waals surface area (Å²) < 4.78 is 0. The van der Waals surface area contributed by atoms with Gasteiger partial charge in [-0.15, -0.1) is 11.8 Å². The number of hydrogen-bond acceptors (Lipinski definition) is 6. The number of carbonyl (C=O) groups is 3.